The van der Waals surface area contributed by atoms with Crippen molar-refractivity contribution in [2.24, 2.45) is 5.73 Å². The number of imidazole rings is 1. The highest BCUT2D eigenvalue weighted by Gasteiger charge is 2.31. The van der Waals surface area contributed by atoms with Crippen LogP contribution in [0.4, 0.5) is 0 Å². The van der Waals surface area contributed by atoms with E-state index in [-0.39, 0.29) is 24.7 Å². The lowest BCUT2D eigenvalue weighted by Gasteiger charge is -2.28. The first-order chi connectivity index (χ1) is 15.2. The molecule has 0 bridgehead atoms. The van der Waals surface area contributed by atoms with Crippen LogP contribution in [-0.4, -0.2) is 59.8 Å². The van der Waals surface area contributed by atoms with Gasteiger partial charge in [-0.25, -0.2) is 4.79 Å². The number of aromatic nitrogens is 2. The number of ether oxygens (including phenoxy) is 1. The van der Waals surface area contributed by atoms with E-state index >= 15 is 0 Å². The van der Waals surface area contributed by atoms with Crippen LogP contribution in [0.25, 0.3) is 16.9 Å². The number of rotatable bonds is 6. The Balaban J connectivity index is 2.03. The molecule has 0 unspecified atom stereocenters. The molecule has 31 heavy (non-hydrogen) atoms. The van der Waals surface area contributed by atoms with Crippen molar-refractivity contribution in [2.75, 3.05) is 39.8 Å². The highest BCUT2D eigenvalue weighted by molar-refractivity contribution is 5.99. The molecule has 0 saturated carbocycles. The molecule has 0 radical (unpaired) electrons. The fourth-order valence-electron chi connectivity index (χ4n) is 4.02. The van der Waals surface area contributed by atoms with Gasteiger partial charge in [-0.3, -0.25) is 13.9 Å². The smallest absolute Gasteiger partial charge is 0.334 e. The molecular weight excluding hydrogens is 394 g/mol. The molecule has 3 aromatic rings. The van der Waals surface area contributed by atoms with E-state index in [2.05, 4.69) is 5.32 Å². The first-order valence-corrected chi connectivity index (χ1v) is 10.4. The van der Waals surface area contributed by atoms with Crippen LogP contribution in [0.15, 0.2) is 59.4 Å². The molecule has 1 aliphatic rings. The van der Waals surface area contributed by atoms with Crippen molar-refractivity contribution in [3.63, 3.8) is 0 Å². The molecule has 0 aliphatic carbocycles. The molecular formula is C23H27N5O3. The third kappa shape index (κ3) is 3.87. The Morgan fingerprint density at radius 2 is 1.74 bits per heavy atom. The van der Waals surface area contributed by atoms with Crippen molar-refractivity contribution < 1.29 is 9.53 Å². The van der Waals surface area contributed by atoms with Gasteiger partial charge < -0.3 is 20.7 Å². The minimum Gasteiger partial charge on any atom is -0.495 e. The van der Waals surface area contributed by atoms with E-state index in [0.29, 0.717) is 35.9 Å². The number of para-hydroxylation sites is 2. The van der Waals surface area contributed by atoms with E-state index in [1.165, 1.54) is 4.57 Å². The summed E-state index contributed by atoms with van der Waals surface area (Å²) in [4.78, 5) is 29.1. The number of nitrogens with zero attached hydrogens (tertiary/aromatic N) is 3. The molecule has 8 nitrogen and oxygen atoms in total. The summed E-state index contributed by atoms with van der Waals surface area (Å²) >= 11 is 0. The summed E-state index contributed by atoms with van der Waals surface area (Å²) in [5, 5.41) is 3.26. The fourth-order valence-corrected chi connectivity index (χ4v) is 4.02. The minimum absolute atomic E-state index is 0.167. The monoisotopic (exact) mass is 421 g/mol. The second kappa shape index (κ2) is 9.20. The SMILES string of the molecule is COc1ccccc1-n1c(-c2ccccc2)c(C(=O)N2CCNCC2)n(CCN)c1=O. The summed E-state index contributed by atoms with van der Waals surface area (Å²) in [6, 6.07) is 16.8. The highest BCUT2D eigenvalue weighted by Crippen LogP contribution is 2.31. The molecule has 1 aromatic heterocycles. The van der Waals surface area contributed by atoms with Gasteiger partial charge >= 0.3 is 5.69 Å². The van der Waals surface area contributed by atoms with Crippen molar-refractivity contribution in [3.05, 3.63) is 70.8 Å². The van der Waals surface area contributed by atoms with E-state index in [1.54, 1.807) is 22.6 Å². The van der Waals surface area contributed by atoms with Gasteiger partial charge in [0.15, 0.2) is 0 Å². The lowest BCUT2D eigenvalue weighted by Crippen LogP contribution is -2.47. The van der Waals surface area contributed by atoms with Crippen LogP contribution < -0.4 is 21.5 Å². The van der Waals surface area contributed by atoms with E-state index < -0.39 is 0 Å². The number of methoxy groups -OCH3 is 1. The van der Waals surface area contributed by atoms with Crippen molar-refractivity contribution in [3.8, 4) is 22.7 Å². The van der Waals surface area contributed by atoms with Gasteiger partial charge in [0.05, 0.1) is 18.5 Å². The Labute approximate surface area is 180 Å². The third-order valence-electron chi connectivity index (χ3n) is 5.47. The number of hydrogen-bond acceptors (Lipinski definition) is 5. The Hall–Kier alpha value is -3.36. The molecule has 4 rings (SSSR count). The van der Waals surface area contributed by atoms with Gasteiger partial charge in [-0.05, 0) is 12.1 Å². The summed E-state index contributed by atoms with van der Waals surface area (Å²) in [6.07, 6.45) is 0. The van der Waals surface area contributed by atoms with Crippen LogP contribution >= 0.6 is 0 Å². The Bertz CT molecular complexity index is 1110. The highest BCUT2D eigenvalue weighted by atomic mass is 16.5. The zero-order chi connectivity index (χ0) is 21.8. The first-order valence-electron chi connectivity index (χ1n) is 10.4. The minimum atomic E-state index is -0.313. The molecule has 3 N–H and O–H groups in total. The van der Waals surface area contributed by atoms with Gasteiger partial charge in [0.2, 0.25) is 0 Å². The Morgan fingerprint density at radius 1 is 1.06 bits per heavy atom. The van der Waals surface area contributed by atoms with Crippen molar-refractivity contribution in [1.29, 1.82) is 0 Å². The third-order valence-corrected chi connectivity index (χ3v) is 5.47. The molecule has 1 saturated heterocycles. The molecule has 1 fully saturated rings. The average Bonchev–Trinajstić information content (AvgIpc) is 3.11. The summed E-state index contributed by atoms with van der Waals surface area (Å²) in [5.41, 5.74) is 7.79. The van der Waals surface area contributed by atoms with Crippen LogP contribution in [0.2, 0.25) is 0 Å². The maximum absolute atomic E-state index is 13.7. The Morgan fingerprint density at radius 3 is 2.42 bits per heavy atom. The standard InChI is InChI=1S/C23H27N5O3/c1-31-19-10-6-5-9-18(19)28-20(17-7-3-2-4-8-17)21(27(14-11-24)23(28)30)22(29)26-15-12-25-13-16-26/h2-10,25H,11-16,24H2,1H3. The van der Waals surface area contributed by atoms with Crippen LogP contribution in [0.5, 0.6) is 5.75 Å². The second-order valence-corrected chi connectivity index (χ2v) is 7.34. The molecule has 162 valence electrons. The normalized spacial score (nSPS) is 13.9. The topological polar surface area (TPSA) is 94.5 Å². The lowest BCUT2D eigenvalue weighted by molar-refractivity contribution is 0.0725. The van der Waals surface area contributed by atoms with E-state index in [1.807, 2.05) is 48.5 Å². The maximum Gasteiger partial charge on any atom is 0.334 e. The molecule has 1 amide bonds. The van der Waals surface area contributed by atoms with E-state index in [9.17, 15) is 9.59 Å². The zero-order valence-corrected chi connectivity index (χ0v) is 17.6. The summed E-state index contributed by atoms with van der Waals surface area (Å²) in [5.74, 6) is 0.382. The molecule has 2 heterocycles. The summed E-state index contributed by atoms with van der Waals surface area (Å²) < 4.78 is 8.60. The van der Waals surface area contributed by atoms with Crippen LogP contribution in [0.1, 0.15) is 10.5 Å². The number of amides is 1. The number of carbonyl (C=O) groups excluding carboxylic acids is 1. The average molecular weight is 422 g/mol. The maximum atomic E-state index is 13.7. The fraction of sp³-hybridized carbons (Fsp3) is 0.304. The van der Waals surface area contributed by atoms with Crippen LogP contribution in [0, 0.1) is 0 Å². The lowest BCUT2D eigenvalue weighted by atomic mass is 10.1. The van der Waals surface area contributed by atoms with Gasteiger partial charge in [-0.15, -0.1) is 0 Å². The summed E-state index contributed by atoms with van der Waals surface area (Å²) in [6.45, 7) is 3.11. The largest absolute Gasteiger partial charge is 0.495 e. The molecule has 8 heteroatoms. The molecule has 0 atom stereocenters. The van der Waals surface area contributed by atoms with Crippen LogP contribution in [0.3, 0.4) is 0 Å². The van der Waals surface area contributed by atoms with Gasteiger partial charge in [-0.2, -0.15) is 0 Å². The van der Waals surface area contributed by atoms with Crippen LogP contribution in [-0.2, 0) is 6.54 Å². The predicted octanol–water partition coefficient (Wildman–Crippen LogP) is 1.32. The first kappa shape index (κ1) is 20.9. The Kier molecular flexibility index (Phi) is 6.20. The predicted molar refractivity (Wildman–Crippen MR) is 120 cm³/mol. The summed E-state index contributed by atoms with van der Waals surface area (Å²) in [7, 11) is 1.57. The molecule has 2 aromatic carbocycles. The van der Waals surface area contributed by atoms with Gasteiger partial charge in [0.25, 0.3) is 5.91 Å². The number of hydrogen-bond donors (Lipinski definition) is 2. The van der Waals surface area contributed by atoms with Crippen molar-refractivity contribution in [2.45, 2.75) is 6.54 Å². The molecule has 0 spiro atoms. The number of benzene rings is 2. The number of piperazine rings is 1. The van der Waals surface area contributed by atoms with Gasteiger partial charge in [-0.1, -0.05) is 42.5 Å². The second-order valence-electron chi connectivity index (χ2n) is 7.34. The number of carbonyl (C=O) groups is 1. The van der Waals surface area contributed by atoms with E-state index in [0.717, 1.165) is 18.7 Å². The van der Waals surface area contributed by atoms with Crippen molar-refractivity contribution in [1.82, 2.24) is 19.4 Å². The van der Waals surface area contributed by atoms with Crippen molar-refractivity contribution >= 4 is 5.91 Å². The van der Waals surface area contributed by atoms with Gasteiger partial charge in [0, 0.05) is 44.8 Å². The van der Waals surface area contributed by atoms with E-state index in [4.69, 9.17) is 10.5 Å². The zero-order valence-electron chi connectivity index (χ0n) is 17.6. The number of nitrogens with one attached hydrogen (secondary N) is 1. The van der Waals surface area contributed by atoms with Gasteiger partial charge in [0.1, 0.15) is 11.4 Å². The number of nitrogens with two attached hydrogens (primary N) is 1. The molecule has 1 aliphatic heterocycles. The quantitative estimate of drug-likeness (QED) is 0.626.